The van der Waals surface area contributed by atoms with Gasteiger partial charge in [0, 0.05) is 62.8 Å². The summed E-state index contributed by atoms with van der Waals surface area (Å²) in [5.74, 6) is -0.340. The van der Waals surface area contributed by atoms with Gasteiger partial charge in [-0.3, -0.25) is 14.4 Å². The van der Waals surface area contributed by atoms with Crippen molar-refractivity contribution >= 4 is 76.3 Å². The van der Waals surface area contributed by atoms with Gasteiger partial charge in [-0.1, -0.05) is 70.5 Å². The first kappa shape index (κ1) is 57.2. The predicted octanol–water partition coefficient (Wildman–Crippen LogP) is 8.27. The summed E-state index contributed by atoms with van der Waals surface area (Å²) in [5.41, 5.74) is 8.36. The van der Waals surface area contributed by atoms with Gasteiger partial charge in [0.05, 0.1) is 32.1 Å². The molecule has 0 aliphatic rings. The third-order valence-corrected chi connectivity index (χ3v) is 7.81. The second-order valence-corrected chi connectivity index (χ2v) is 14.0. The van der Waals surface area contributed by atoms with E-state index in [4.69, 9.17) is 15.5 Å². The lowest BCUT2D eigenvalue weighted by Crippen LogP contribution is -2.37. The molecule has 0 saturated heterocycles. The Morgan fingerprint density at radius 3 is 1.50 bits per heavy atom. The number of alkyl halides is 1. The Labute approximate surface area is 367 Å². The molecule has 0 fully saturated rings. The van der Waals surface area contributed by atoms with Gasteiger partial charge in [0.2, 0.25) is 17.7 Å². The normalized spacial score (nSPS) is 11.0. The number of hydrogen-bond acceptors (Lipinski definition) is 8. The van der Waals surface area contributed by atoms with Crippen molar-refractivity contribution in [3.05, 3.63) is 127 Å². The lowest BCUT2D eigenvalue weighted by Gasteiger charge is -2.22. The fraction of sp³-hybridized carbons (Fsp3) is 0.333. The van der Waals surface area contributed by atoms with Crippen molar-refractivity contribution in [3.63, 3.8) is 0 Å². The molecule has 3 aromatic rings. The van der Waals surface area contributed by atoms with E-state index in [1.54, 1.807) is 51.9 Å². The van der Waals surface area contributed by atoms with Gasteiger partial charge in [0.25, 0.3) is 0 Å². The standard InChI is InChI=1S/C13H18BFN2O2.C12H15FN2O.C9H15BrFNO2.C8H9NO.ClH/c1-11(18)17(13-6-4-3-5-7-13)10-12(8-15)9-16-14(2)19;1-10(16)15(9-11(7-13)8-14)12-5-3-2-4-6-12;1-9(2,3)14-8(13)12-6-7(4-10)5-11;1-7(10)9-8-5-3-2-4-6-8;/h3-8,16,19H,9-10H2,1-2H3;2-7H,8-9,14H2,1H3;5H,4,6H2,1-3H3,(H,12,13);2-6H,1H3,(H,9,10);1H/b12-8+;11-7+;7-5-;;. The molecule has 0 aromatic heterocycles. The maximum Gasteiger partial charge on any atom is 0.407 e. The average Bonchev–Trinajstić information content (AvgIpc) is 3.19. The Bertz CT molecular complexity index is 1770. The molecule has 18 heteroatoms. The van der Waals surface area contributed by atoms with E-state index in [9.17, 15) is 32.3 Å². The minimum Gasteiger partial charge on any atom is -0.444 e. The van der Waals surface area contributed by atoms with Crippen molar-refractivity contribution < 1.29 is 42.1 Å². The van der Waals surface area contributed by atoms with Gasteiger partial charge in [0.1, 0.15) is 5.60 Å². The largest absolute Gasteiger partial charge is 0.444 e. The fourth-order valence-electron chi connectivity index (χ4n) is 4.28. The van der Waals surface area contributed by atoms with Crippen LogP contribution in [0.2, 0.25) is 6.82 Å². The lowest BCUT2D eigenvalue weighted by atomic mass is 9.88. The van der Waals surface area contributed by atoms with Crippen LogP contribution in [0.25, 0.3) is 0 Å². The minimum atomic E-state index is -0.725. The summed E-state index contributed by atoms with van der Waals surface area (Å²) in [5, 5.41) is 17.3. The molecule has 12 nitrogen and oxygen atoms in total. The van der Waals surface area contributed by atoms with Crippen molar-refractivity contribution in [3.8, 4) is 0 Å². The summed E-state index contributed by atoms with van der Waals surface area (Å²) in [6, 6.07) is 27.5. The summed E-state index contributed by atoms with van der Waals surface area (Å²) in [6.07, 6.45) is 0.844. The van der Waals surface area contributed by atoms with E-state index in [0.717, 1.165) is 11.4 Å². The fourth-order valence-corrected chi connectivity index (χ4v) is 4.60. The van der Waals surface area contributed by atoms with Crippen LogP contribution in [0.15, 0.2) is 127 Å². The summed E-state index contributed by atoms with van der Waals surface area (Å²) < 4.78 is 42.3. The van der Waals surface area contributed by atoms with E-state index in [1.807, 2.05) is 66.7 Å². The number of nitrogens with two attached hydrogens (primary N) is 1. The number of hydrogen-bond donors (Lipinski definition) is 5. The molecule has 0 saturated carbocycles. The Morgan fingerprint density at radius 2 is 1.17 bits per heavy atom. The highest BCUT2D eigenvalue weighted by Crippen LogP contribution is 2.16. The molecule has 0 heterocycles. The number of halogens is 5. The summed E-state index contributed by atoms with van der Waals surface area (Å²) in [4.78, 5) is 47.7. The van der Waals surface area contributed by atoms with E-state index in [2.05, 4.69) is 31.8 Å². The molecule has 0 unspecified atom stereocenters. The van der Waals surface area contributed by atoms with Crippen LogP contribution in [0.4, 0.5) is 35.0 Å². The number of nitrogens with zero attached hydrogens (tertiary/aromatic N) is 2. The van der Waals surface area contributed by atoms with E-state index in [1.165, 1.54) is 30.6 Å². The number of ether oxygens (including phenoxy) is 1. The van der Waals surface area contributed by atoms with E-state index < -0.39 is 18.7 Å². The molecule has 4 amide bonds. The van der Waals surface area contributed by atoms with Crippen LogP contribution in [-0.4, -0.2) is 79.5 Å². The topological polar surface area (TPSA) is 166 Å². The third-order valence-electron chi connectivity index (χ3n) is 7.09. The molecule has 0 bridgehead atoms. The van der Waals surface area contributed by atoms with Crippen LogP contribution in [0, 0.1) is 0 Å². The first-order valence-corrected chi connectivity index (χ1v) is 19.5. The SMILES string of the molecule is CB(O)NC/C(=C\F)CN(C(C)=O)c1ccccc1.CC(=O)N(C/C(=C/F)CN)c1ccccc1.CC(=O)Nc1ccccc1.CC(C)(C)OC(=O)NC/C(=C\F)CBr.Cl. The molecule has 6 N–H and O–H groups in total. The summed E-state index contributed by atoms with van der Waals surface area (Å²) >= 11 is 3.09. The van der Waals surface area contributed by atoms with E-state index >= 15 is 0 Å². The van der Waals surface area contributed by atoms with Crippen LogP contribution in [0.1, 0.15) is 41.5 Å². The van der Waals surface area contributed by atoms with E-state index in [0.29, 0.717) is 46.7 Å². The smallest absolute Gasteiger partial charge is 0.407 e. The van der Waals surface area contributed by atoms with Crippen molar-refractivity contribution in [1.82, 2.24) is 10.5 Å². The number of alkyl carbamates (subject to hydrolysis) is 1. The van der Waals surface area contributed by atoms with Gasteiger partial charge in [-0.25, -0.2) is 18.0 Å². The summed E-state index contributed by atoms with van der Waals surface area (Å²) in [6.45, 7) is 12.0. The van der Waals surface area contributed by atoms with Crippen molar-refractivity contribution in [1.29, 1.82) is 0 Å². The van der Waals surface area contributed by atoms with Crippen molar-refractivity contribution in [2.45, 2.75) is 54.0 Å². The van der Waals surface area contributed by atoms with Crippen LogP contribution >= 0.6 is 28.3 Å². The highest BCUT2D eigenvalue weighted by molar-refractivity contribution is 9.09. The zero-order valence-corrected chi connectivity index (χ0v) is 37.5. The molecule has 3 rings (SSSR count). The van der Waals surface area contributed by atoms with Gasteiger partial charge in [0.15, 0.2) is 0 Å². The summed E-state index contributed by atoms with van der Waals surface area (Å²) in [7, 11) is -0.725. The predicted molar refractivity (Wildman–Crippen MR) is 243 cm³/mol. The number of carbonyl (C=O) groups is 4. The highest BCUT2D eigenvalue weighted by Gasteiger charge is 2.16. The van der Waals surface area contributed by atoms with Crippen molar-refractivity contribution in [2.75, 3.05) is 53.2 Å². The molecule has 0 aliphatic heterocycles. The third kappa shape index (κ3) is 27.7. The highest BCUT2D eigenvalue weighted by atomic mass is 79.9. The second-order valence-electron chi connectivity index (χ2n) is 13.5. The second kappa shape index (κ2) is 32.9. The van der Waals surface area contributed by atoms with Gasteiger partial charge in [-0.15, -0.1) is 12.4 Å². The van der Waals surface area contributed by atoms with Gasteiger partial charge >= 0.3 is 13.1 Å². The molecule has 330 valence electrons. The molecule has 0 atom stereocenters. The number of rotatable bonds is 14. The zero-order chi connectivity index (χ0) is 44.8. The van der Waals surface area contributed by atoms with Crippen LogP contribution in [0.5, 0.6) is 0 Å². The number of anilines is 3. The maximum atomic E-state index is 12.8. The molecule has 0 radical (unpaired) electrons. The minimum absolute atomic E-state index is 0. The average molecular weight is 926 g/mol. The Kier molecular flexibility index (Phi) is 31.3. The molecular formula is C42H58BBrClF3N6O6. The Morgan fingerprint density at radius 1 is 0.750 bits per heavy atom. The number of benzene rings is 3. The number of amides is 4. The van der Waals surface area contributed by atoms with E-state index in [-0.39, 0.29) is 62.9 Å². The van der Waals surface area contributed by atoms with Crippen LogP contribution in [0.3, 0.4) is 0 Å². The number of para-hydroxylation sites is 3. The number of carbonyl (C=O) groups excluding carboxylic acids is 4. The molecule has 60 heavy (non-hydrogen) atoms. The molecule has 3 aromatic carbocycles. The van der Waals surface area contributed by atoms with Crippen LogP contribution < -0.4 is 31.4 Å². The Hall–Kier alpha value is -4.94. The molecule has 0 aliphatic carbocycles. The zero-order valence-electron chi connectivity index (χ0n) is 35.1. The van der Waals surface area contributed by atoms with Gasteiger partial charge < -0.3 is 41.2 Å². The molecule has 0 spiro atoms. The van der Waals surface area contributed by atoms with Gasteiger partial charge in [-0.2, -0.15) is 0 Å². The first-order valence-electron chi connectivity index (χ1n) is 18.4. The van der Waals surface area contributed by atoms with Crippen LogP contribution in [-0.2, 0) is 19.1 Å². The Balaban J connectivity index is 0. The lowest BCUT2D eigenvalue weighted by molar-refractivity contribution is -0.117. The maximum absolute atomic E-state index is 12.8. The quantitative estimate of drug-likeness (QED) is 0.0797. The number of nitrogens with one attached hydrogen (secondary N) is 3. The van der Waals surface area contributed by atoms with Crippen molar-refractivity contribution in [2.24, 2.45) is 5.73 Å². The van der Waals surface area contributed by atoms with Gasteiger partial charge in [-0.05, 0) is 80.7 Å². The monoisotopic (exact) mass is 924 g/mol. The molecular weight excluding hydrogens is 868 g/mol. The first-order chi connectivity index (χ1) is 27.9.